The lowest BCUT2D eigenvalue weighted by Gasteiger charge is -2.19. The molecule has 0 bridgehead atoms. The topological polar surface area (TPSA) is 90.6 Å². The zero-order valence-corrected chi connectivity index (χ0v) is 12.4. The number of nitrogens with two attached hydrogens (primary N) is 1. The molecule has 0 radical (unpaired) electrons. The van der Waals surface area contributed by atoms with E-state index in [-0.39, 0.29) is 12.3 Å². The number of nitrogens with one attached hydrogen (secondary N) is 1. The minimum Gasteiger partial charge on any atom is -0.425 e. The molecule has 0 heterocycles. The second-order valence-corrected chi connectivity index (χ2v) is 5.12. The molecule has 6 nitrogen and oxygen atoms in total. The summed E-state index contributed by atoms with van der Waals surface area (Å²) in [6.07, 6.45) is -0.681. The van der Waals surface area contributed by atoms with Crippen molar-refractivity contribution in [2.45, 2.75) is 59.4 Å². The highest BCUT2D eigenvalue weighted by molar-refractivity contribution is 5.76. The van der Waals surface area contributed by atoms with Gasteiger partial charge in [-0.3, -0.25) is 9.59 Å². The SMILES string of the molecule is CC(C)NCCC(=O)OC(C)OC(=O)C(N)C(C)C. The second kappa shape index (κ2) is 8.87. The van der Waals surface area contributed by atoms with Crippen molar-refractivity contribution >= 4 is 11.9 Å². The predicted octanol–water partition coefficient (Wildman–Crippen LogP) is 0.790. The van der Waals surface area contributed by atoms with Crippen LogP contribution >= 0.6 is 0 Å². The molecule has 19 heavy (non-hydrogen) atoms. The maximum absolute atomic E-state index is 11.5. The van der Waals surface area contributed by atoms with E-state index < -0.39 is 24.3 Å². The van der Waals surface area contributed by atoms with E-state index >= 15 is 0 Å². The normalized spacial score (nSPS) is 14.3. The molecule has 2 unspecified atom stereocenters. The van der Waals surface area contributed by atoms with Crippen LogP contribution in [0.3, 0.4) is 0 Å². The molecule has 0 fully saturated rings. The van der Waals surface area contributed by atoms with Crippen molar-refractivity contribution in [3.05, 3.63) is 0 Å². The Kier molecular flexibility index (Phi) is 8.34. The smallest absolute Gasteiger partial charge is 0.326 e. The molecular formula is C13H26N2O4. The number of hydrogen-bond acceptors (Lipinski definition) is 6. The number of carbonyl (C=O) groups excluding carboxylic acids is 2. The average molecular weight is 274 g/mol. The third-order valence-corrected chi connectivity index (χ3v) is 2.45. The lowest BCUT2D eigenvalue weighted by atomic mass is 10.1. The first-order chi connectivity index (χ1) is 8.73. The fourth-order valence-electron chi connectivity index (χ4n) is 1.25. The van der Waals surface area contributed by atoms with E-state index in [1.54, 1.807) is 0 Å². The third-order valence-electron chi connectivity index (χ3n) is 2.45. The highest BCUT2D eigenvalue weighted by atomic mass is 16.7. The van der Waals surface area contributed by atoms with Gasteiger partial charge in [-0.05, 0) is 5.92 Å². The van der Waals surface area contributed by atoms with Gasteiger partial charge in [-0.1, -0.05) is 27.7 Å². The second-order valence-electron chi connectivity index (χ2n) is 5.12. The Hall–Kier alpha value is -1.14. The monoisotopic (exact) mass is 274 g/mol. The number of carbonyl (C=O) groups is 2. The summed E-state index contributed by atoms with van der Waals surface area (Å²) < 4.78 is 9.90. The van der Waals surface area contributed by atoms with E-state index in [4.69, 9.17) is 15.2 Å². The first-order valence-electron chi connectivity index (χ1n) is 6.63. The summed E-state index contributed by atoms with van der Waals surface area (Å²) in [5.74, 6) is -0.993. The van der Waals surface area contributed by atoms with Gasteiger partial charge >= 0.3 is 11.9 Å². The van der Waals surface area contributed by atoms with Crippen LogP contribution in [0, 0.1) is 5.92 Å². The first kappa shape index (κ1) is 17.9. The molecule has 2 atom stereocenters. The van der Waals surface area contributed by atoms with Gasteiger partial charge in [0.15, 0.2) is 0 Å². The van der Waals surface area contributed by atoms with Gasteiger partial charge in [-0.2, -0.15) is 0 Å². The van der Waals surface area contributed by atoms with Crippen LogP contribution in [0.4, 0.5) is 0 Å². The molecule has 3 N–H and O–H groups in total. The number of ether oxygens (including phenoxy) is 2. The average Bonchev–Trinajstić information content (AvgIpc) is 2.26. The van der Waals surface area contributed by atoms with Crippen LogP contribution in [0.15, 0.2) is 0 Å². The Morgan fingerprint density at radius 3 is 2.16 bits per heavy atom. The molecular weight excluding hydrogens is 248 g/mol. The molecule has 0 amide bonds. The zero-order chi connectivity index (χ0) is 15.0. The largest absolute Gasteiger partial charge is 0.425 e. The predicted molar refractivity (Wildman–Crippen MR) is 72.2 cm³/mol. The van der Waals surface area contributed by atoms with Gasteiger partial charge in [0.2, 0.25) is 6.29 Å². The van der Waals surface area contributed by atoms with Crippen molar-refractivity contribution in [3.8, 4) is 0 Å². The zero-order valence-electron chi connectivity index (χ0n) is 12.4. The van der Waals surface area contributed by atoms with Gasteiger partial charge < -0.3 is 20.5 Å². The van der Waals surface area contributed by atoms with Crippen LogP contribution in [0.25, 0.3) is 0 Å². The Bertz CT molecular complexity index is 292. The number of rotatable bonds is 8. The van der Waals surface area contributed by atoms with Gasteiger partial charge in [-0.15, -0.1) is 0 Å². The minimum atomic E-state index is -0.913. The minimum absolute atomic E-state index is 0.0226. The summed E-state index contributed by atoms with van der Waals surface area (Å²) in [6.45, 7) is 9.65. The lowest BCUT2D eigenvalue weighted by molar-refractivity contribution is -0.185. The molecule has 0 aromatic rings. The summed E-state index contributed by atoms with van der Waals surface area (Å²) in [6, 6.07) is -0.393. The standard InChI is InChI=1S/C13H26N2O4/c1-8(2)12(14)13(17)19-10(5)18-11(16)6-7-15-9(3)4/h8-10,12,15H,6-7,14H2,1-5H3. The molecule has 0 aliphatic rings. The van der Waals surface area contributed by atoms with E-state index in [9.17, 15) is 9.59 Å². The molecule has 0 saturated carbocycles. The first-order valence-corrected chi connectivity index (χ1v) is 6.63. The van der Waals surface area contributed by atoms with Gasteiger partial charge in [0.1, 0.15) is 6.04 Å². The van der Waals surface area contributed by atoms with Crippen LogP contribution < -0.4 is 11.1 Å². The summed E-state index contributed by atoms with van der Waals surface area (Å²) in [7, 11) is 0. The maximum atomic E-state index is 11.5. The van der Waals surface area contributed by atoms with Crippen LogP contribution in [-0.4, -0.2) is 36.9 Å². The highest BCUT2D eigenvalue weighted by Gasteiger charge is 2.22. The van der Waals surface area contributed by atoms with E-state index in [0.717, 1.165) is 0 Å². The molecule has 0 saturated heterocycles. The summed E-state index contributed by atoms with van der Waals surface area (Å²) in [5, 5.41) is 3.09. The Balaban J connectivity index is 3.93. The lowest BCUT2D eigenvalue weighted by Crippen LogP contribution is -2.39. The number of esters is 2. The van der Waals surface area contributed by atoms with Gasteiger partial charge in [0.25, 0.3) is 0 Å². The van der Waals surface area contributed by atoms with E-state index in [0.29, 0.717) is 12.6 Å². The highest BCUT2D eigenvalue weighted by Crippen LogP contribution is 2.04. The van der Waals surface area contributed by atoms with E-state index in [1.807, 2.05) is 27.7 Å². The summed E-state index contributed by atoms with van der Waals surface area (Å²) in [4.78, 5) is 23.0. The molecule has 0 aromatic heterocycles. The van der Waals surface area contributed by atoms with Crippen molar-refractivity contribution in [1.29, 1.82) is 0 Å². The van der Waals surface area contributed by atoms with Crippen LogP contribution in [0.2, 0.25) is 0 Å². The summed E-state index contributed by atoms with van der Waals surface area (Å²) >= 11 is 0. The van der Waals surface area contributed by atoms with Gasteiger partial charge in [-0.25, -0.2) is 0 Å². The van der Waals surface area contributed by atoms with Crippen molar-refractivity contribution < 1.29 is 19.1 Å². The van der Waals surface area contributed by atoms with Gasteiger partial charge in [0, 0.05) is 19.5 Å². The Morgan fingerprint density at radius 1 is 1.11 bits per heavy atom. The van der Waals surface area contributed by atoms with Crippen LogP contribution in [0.5, 0.6) is 0 Å². The Morgan fingerprint density at radius 2 is 1.68 bits per heavy atom. The summed E-state index contributed by atoms with van der Waals surface area (Å²) in [5.41, 5.74) is 5.63. The molecule has 0 aromatic carbocycles. The van der Waals surface area contributed by atoms with Crippen LogP contribution in [0.1, 0.15) is 41.0 Å². The van der Waals surface area contributed by atoms with Gasteiger partial charge in [0.05, 0.1) is 6.42 Å². The molecule has 0 aliphatic heterocycles. The molecule has 6 heteroatoms. The Labute approximate surface area is 115 Å². The van der Waals surface area contributed by atoms with E-state index in [1.165, 1.54) is 6.92 Å². The molecule has 0 aliphatic carbocycles. The third kappa shape index (κ3) is 8.56. The van der Waals surface area contributed by atoms with Crippen molar-refractivity contribution in [3.63, 3.8) is 0 Å². The quantitative estimate of drug-likeness (QED) is 0.502. The maximum Gasteiger partial charge on any atom is 0.326 e. The molecule has 0 spiro atoms. The fraction of sp³-hybridized carbons (Fsp3) is 0.846. The fourth-order valence-corrected chi connectivity index (χ4v) is 1.25. The van der Waals surface area contributed by atoms with Crippen molar-refractivity contribution in [1.82, 2.24) is 5.32 Å². The van der Waals surface area contributed by atoms with Crippen molar-refractivity contribution in [2.75, 3.05) is 6.54 Å². The molecule has 0 rings (SSSR count). The number of hydrogen-bond donors (Lipinski definition) is 2. The van der Waals surface area contributed by atoms with Crippen LogP contribution in [-0.2, 0) is 19.1 Å². The van der Waals surface area contributed by atoms with Crippen molar-refractivity contribution in [2.24, 2.45) is 11.7 Å². The van der Waals surface area contributed by atoms with E-state index in [2.05, 4.69) is 5.32 Å². The molecule has 112 valence electrons.